The van der Waals surface area contributed by atoms with Gasteiger partial charge >= 0.3 is 5.97 Å². The molecule has 1 heterocycles. The Morgan fingerprint density at radius 3 is 2.81 bits per heavy atom. The summed E-state index contributed by atoms with van der Waals surface area (Å²) in [5, 5.41) is 10.4. The summed E-state index contributed by atoms with van der Waals surface area (Å²) in [6.07, 6.45) is 3.27. The summed E-state index contributed by atoms with van der Waals surface area (Å²) in [5.41, 5.74) is 1.04. The normalized spacial score (nSPS) is 12.4. The Hall–Kier alpha value is -1.39. The van der Waals surface area contributed by atoms with Crippen molar-refractivity contribution in [1.29, 1.82) is 0 Å². The molecule has 0 aliphatic carbocycles. The molecule has 1 aromatic heterocycles. The minimum absolute atomic E-state index is 0.234. The summed E-state index contributed by atoms with van der Waals surface area (Å²) in [5.74, 6) is -0.160. The molecule has 0 spiro atoms. The van der Waals surface area contributed by atoms with Crippen molar-refractivity contribution < 1.29 is 9.53 Å². The van der Waals surface area contributed by atoms with E-state index in [9.17, 15) is 4.79 Å². The van der Waals surface area contributed by atoms with Crippen molar-refractivity contribution in [1.82, 2.24) is 15.4 Å². The summed E-state index contributed by atoms with van der Waals surface area (Å²) < 4.78 is 4.92. The SMILES string of the molecule is CCCCC(C)c1n[nH]nc1C(=O)OCC. The van der Waals surface area contributed by atoms with Crippen molar-refractivity contribution in [3.63, 3.8) is 0 Å². The fourth-order valence-electron chi connectivity index (χ4n) is 1.58. The first-order valence-corrected chi connectivity index (χ1v) is 5.78. The molecule has 0 amide bonds. The molecule has 0 aliphatic heterocycles. The molecule has 0 saturated heterocycles. The summed E-state index contributed by atoms with van der Waals surface area (Å²) in [6, 6.07) is 0. The number of hydrogen-bond donors (Lipinski definition) is 1. The molecular formula is C11H19N3O2. The highest BCUT2D eigenvalue weighted by molar-refractivity contribution is 5.88. The lowest BCUT2D eigenvalue weighted by molar-refractivity contribution is 0.0517. The van der Waals surface area contributed by atoms with Gasteiger partial charge in [-0.15, -0.1) is 5.10 Å². The number of carbonyl (C=O) groups is 1. The van der Waals surface area contributed by atoms with E-state index in [4.69, 9.17) is 4.74 Å². The maximum absolute atomic E-state index is 11.6. The molecule has 16 heavy (non-hydrogen) atoms. The number of nitrogens with one attached hydrogen (secondary N) is 1. The Kier molecular flexibility index (Phi) is 4.95. The standard InChI is InChI=1S/C11H19N3O2/c1-4-6-7-8(3)9-10(13-14-12-9)11(15)16-5-2/h8H,4-7H2,1-3H3,(H,12,13,14). The van der Waals surface area contributed by atoms with Crippen LogP contribution >= 0.6 is 0 Å². The number of hydrogen-bond acceptors (Lipinski definition) is 4. The molecule has 0 fully saturated rings. The Balaban J connectivity index is 2.72. The third kappa shape index (κ3) is 3.05. The minimum atomic E-state index is -0.394. The van der Waals surface area contributed by atoms with Crippen LogP contribution in [0.5, 0.6) is 0 Å². The summed E-state index contributed by atoms with van der Waals surface area (Å²) in [4.78, 5) is 11.6. The van der Waals surface area contributed by atoms with Crippen LogP contribution in [0.1, 0.15) is 62.1 Å². The number of esters is 1. The lowest BCUT2D eigenvalue weighted by Gasteiger charge is -2.08. The molecule has 1 unspecified atom stereocenters. The molecule has 0 aliphatic rings. The Morgan fingerprint density at radius 2 is 2.19 bits per heavy atom. The topological polar surface area (TPSA) is 67.9 Å². The molecule has 0 radical (unpaired) electrons. The van der Waals surface area contributed by atoms with Gasteiger partial charge in [0.15, 0.2) is 5.69 Å². The molecule has 1 atom stereocenters. The van der Waals surface area contributed by atoms with E-state index in [1.54, 1.807) is 6.92 Å². The van der Waals surface area contributed by atoms with Gasteiger partial charge in [0.1, 0.15) is 5.69 Å². The first kappa shape index (κ1) is 12.7. The van der Waals surface area contributed by atoms with Gasteiger partial charge in [0.05, 0.1) is 6.61 Å². The van der Waals surface area contributed by atoms with Gasteiger partial charge in [-0.1, -0.05) is 26.7 Å². The number of ether oxygens (including phenoxy) is 1. The van der Waals surface area contributed by atoms with E-state index >= 15 is 0 Å². The first-order chi connectivity index (χ1) is 7.70. The molecule has 1 N–H and O–H groups in total. The van der Waals surface area contributed by atoms with E-state index in [-0.39, 0.29) is 5.92 Å². The molecule has 1 aromatic rings. The second-order valence-electron chi connectivity index (χ2n) is 3.82. The van der Waals surface area contributed by atoms with E-state index in [0.717, 1.165) is 19.3 Å². The zero-order chi connectivity index (χ0) is 12.0. The van der Waals surface area contributed by atoms with Crippen LogP contribution in [-0.2, 0) is 4.74 Å². The van der Waals surface area contributed by atoms with Crippen molar-refractivity contribution >= 4 is 5.97 Å². The summed E-state index contributed by atoms with van der Waals surface area (Å²) >= 11 is 0. The van der Waals surface area contributed by atoms with Crippen LogP contribution in [-0.4, -0.2) is 28.0 Å². The zero-order valence-corrected chi connectivity index (χ0v) is 10.1. The van der Waals surface area contributed by atoms with Gasteiger partial charge in [0.25, 0.3) is 0 Å². The van der Waals surface area contributed by atoms with Crippen LogP contribution in [0, 0.1) is 0 Å². The minimum Gasteiger partial charge on any atom is -0.461 e. The van der Waals surface area contributed by atoms with Crippen molar-refractivity contribution in [2.75, 3.05) is 6.61 Å². The molecule has 5 nitrogen and oxygen atoms in total. The molecule has 90 valence electrons. The monoisotopic (exact) mass is 225 g/mol. The Bertz CT molecular complexity index is 336. The molecular weight excluding hydrogens is 206 g/mol. The summed E-state index contributed by atoms with van der Waals surface area (Å²) in [7, 11) is 0. The largest absolute Gasteiger partial charge is 0.461 e. The lowest BCUT2D eigenvalue weighted by atomic mass is 9.99. The number of unbranched alkanes of at least 4 members (excludes halogenated alkanes) is 1. The quantitative estimate of drug-likeness (QED) is 0.754. The zero-order valence-electron chi connectivity index (χ0n) is 10.1. The van der Waals surface area contributed by atoms with Gasteiger partial charge in [-0.05, 0) is 13.3 Å². The van der Waals surface area contributed by atoms with E-state index < -0.39 is 5.97 Å². The van der Waals surface area contributed by atoms with Crippen molar-refractivity contribution in [2.45, 2.75) is 46.0 Å². The van der Waals surface area contributed by atoms with E-state index in [1.165, 1.54) is 0 Å². The predicted octanol–water partition coefficient (Wildman–Crippen LogP) is 2.28. The number of H-pyrrole nitrogens is 1. The van der Waals surface area contributed by atoms with Gasteiger partial charge in [-0.2, -0.15) is 10.3 Å². The third-order valence-electron chi connectivity index (χ3n) is 2.50. The van der Waals surface area contributed by atoms with Crippen LogP contribution in [0.3, 0.4) is 0 Å². The maximum atomic E-state index is 11.6. The van der Waals surface area contributed by atoms with Gasteiger partial charge in [-0.25, -0.2) is 4.79 Å². The second-order valence-corrected chi connectivity index (χ2v) is 3.82. The molecule has 0 bridgehead atoms. The first-order valence-electron chi connectivity index (χ1n) is 5.78. The molecule has 0 saturated carbocycles. The van der Waals surface area contributed by atoms with Gasteiger partial charge in [0, 0.05) is 5.92 Å². The van der Waals surface area contributed by atoms with Crippen LogP contribution in [0.25, 0.3) is 0 Å². The van der Waals surface area contributed by atoms with Crippen LogP contribution in [0.2, 0.25) is 0 Å². The van der Waals surface area contributed by atoms with Gasteiger partial charge in [-0.3, -0.25) is 0 Å². The highest BCUT2D eigenvalue weighted by Gasteiger charge is 2.21. The van der Waals surface area contributed by atoms with Crippen molar-refractivity contribution in [3.8, 4) is 0 Å². The molecule has 0 aromatic carbocycles. The smallest absolute Gasteiger partial charge is 0.360 e. The number of nitrogens with zero attached hydrogens (tertiary/aromatic N) is 2. The number of rotatable bonds is 6. The third-order valence-corrected chi connectivity index (χ3v) is 2.50. The molecule has 1 rings (SSSR count). The van der Waals surface area contributed by atoms with Gasteiger partial charge < -0.3 is 4.74 Å². The lowest BCUT2D eigenvalue weighted by Crippen LogP contribution is -2.10. The maximum Gasteiger partial charge on any atom is 0.360 e. The highest BCUT2D eigenvalue weighted by Crippen LogP contribution is 2.21. The Labute approximate surface area is 95.6 Å². The van der Waals surface area contributed by atoms with Gasteiger partial charge in [0.2, 0.25) is 0 Å². The predicted molar refractivity (Wildman–Crippen MR) is 60.3 cm³/mol. The number of carbonyl (C=O) groups excluding carboxylic acids is 1. The van der Waals surface area contributed by atoms with E-state index in [0.29, 0.717) is 18.0 Å². The van der Waals surface area contributed by atoms with Crippen LogP contribution in [0.15, 0.2) is 0 Å². The number of aromatic amines is 1. The fourth-order valence-corrected chi connectivity index (χ4v) is 1.58. The summed E-state index contributed by atoms with van der Waals surface area (Å²) in [6.45, 7) is 6.32. The van der Waals surface area contributed by atoms with Crippen molar-refractivity contribution in [3.05, 3.63) is 11.4 Å². The van der Waals surface area contributed by atoms with E-state index in [2.05, 4.69) is 29.3 Å². The fraction of sp³-hybridized carbons (Fsp3) is 0.727. The van der Waals surface area contributed by atoms with Crippen LogP contribution < -0.4 is 0 Å². The average molecular weight is 225 g/mol. The Morgan fingerprint density at radius 1 is 1.44 bits per heavy atom. The average Bonchev–Trinajstić information content (AvgIpc) is 2.75. The number of aromatic nitrogens is 3. The van der Waals surface area contributed by atoms with Crippen molar-refractivity contribution in [2.24, 2.45) is 0 Å². The second kappa shape index (κ2) is 6.25. The highest BCUT2D eigenvalue weighted by atomic mass is 16.5. The van der Waals surface area contributed by atoms with E-state index in [1.807, 2.05) is 0 Å². The molecule has 5 heteroatoms. The van der Waals surface area contributed by atoms with Crippen LogP contribution in [0.4, 0.5) is 0 Å².